The molecule has 1 aromatic heterocycles. The van der Waals surface area contributed by atoms with Gasteiger partial charge in [0.25, 0.3) is 11.7 Å². The topological polar surface area (TPSA) is 70.8 Å². The van der Waals surface area contributed by atoms with Gasteiger partial charge < -0.3 is 14.4 Å². The highest BCUT2D eigenvalue weighted by molar-refractivity contribution is 7.98. The molecule has 8 heteroatoms. The van der Waals surface area contributed by atoms with Crippen molar-refractivity contribution in [1.82, 2.24) is 4.90 Å². The molecule has 1 rings (SSSR count). The Morgan fingerprint density at radius 3 is 2.57 bits per heavy atom. The summed E-state index contributed by atoms with van der Waals surface area (Å²) < 4.78 is 29.4. The number of thioether (sulfide) groups is 1. The van der Waals surface area contributed by atoms with Crippen molar-refractivity contribution < 1.29 is 27.9 Å². The van der Waals surface area contributed by atoms with Gasteiger partial charge in [-0.2, -0.15) is 8.78 Å². The molecule has 0 unspecified atom stereocenters. The minimum Gasteiger partial charge on any atom is -0.480 e. The average Bonchev–Trinajstić information content (AvgIpc) is 2.82. The molecule has 5 nitrogen and oxygen atoms in total. The fraction of sp³-hybridized carbons (Fsp3) is 0.538. The third kappa shape index (κ3) is 6.16. The first-order valence-corrected chi connectivity index (χ1v) is 7.34. The molecule has 0 aliphatic carbocycles. The van der Waals surface area contributed by atoms with Crippen LogP contribution in [0.1, 0.15) is 30.2 Å². The summed E-state index contributed by atoms with van der Waals surface area (Å²) in [6.07, 6.45) is 0. The number of furan rings is 1. The van der Waals surface area contributed by atoms with E-state index < -0.39 is 24.2 Å². The lowest BCUT2D eigenvalue weighted by Gasteiger charge is -2.21. The third-order valence-corrected chi connectivity index (χ3v) is 3.13. The first kappa shape index (κ1) is 17.5. The van der Waals surface area contributed by atoms with E-state index in [1.165, 1.54) is 12.1 Å². The maximum Gasteiger partial charge on any atom is 0.323 e. The number of carboxylic acids is 1. The molecule has 1 N–H and O–H groups in total. The lowest BCUT2D eigenvalue weighted by molar-refractivity contribution is -0.137. The predicted octanol–water partition coefficient (Wildman–Crippen LogP) is 2.92. The largest absolute Gasteiger partial charge is 0.480 e. The molecule has 0 aliphatic rings. The van der Waals surface area contributed by atoms with Gasteiger partial charge in [-0.1, -0.05) is 25.6 Å². The van der Waals surface area contributed by atoms with Crippen LogP contribution in [0.25, 0.3) is 0 Å². The van der Waals surface area contributed by atoms with Crippen LogP contribution >= 0.6 is 11.8 Å². The Bertz CT molecular complexity index is 490. The average molecular weight is 321 g/mol. The normalized spacial score (nSPS) is 11.1. The van der Waals surface area contributed by atoms with Crippen LogP contribution in [-0.2, 0) is 10.5 Å². The highest BCUT2D eigenvalue weighted by Gasteiger charge is 2.22. The maximum atomic E-state index is 12.2. The van der Waals surface area contributed by atoms with Crippen molar-refractivity contribution in [2.24, 2.45) is 5.92 Å². The smallest absolute Gasteiger partial charge is 0.323 e. The Hall–Kier alpha value is -1.57. The molecule has 1 heterocycles. The van der Waals surface area contributed by atoms with Gasteiger partial charge >= 0.3 is 5.97 Å². The monoisotopic (exact) mass is 321 g/mol. The number of nitrogens with zero attached hydrogens (tertiary/aromatic N) is 1. The quantitative estimate of drug-likeness (QED) is 0.797. The molecule has 0 atom stereocenters. The number of carboxylic acid groups (broad SMARTS) is 1. The summed E-state index contributed by atoms with van der Waals surface area (Å²) in [6, 6.07) is 2.82. The summed E-state index contributed by atoms with van der Waals surface area (Å²) in [5.41, 5.74) is 0. The van der Waals surface area contributed by atoms with E-state index in [-0.39, 0.29) is 29.7 Å². The van der Waals surface area contributed by atoms with Gasteiger partial charge in [-0.05, 0) is 18.1 Å². The van der Waals surface area contributed by atoms with Crippen LogP contribution < -0.4 is 0 Å². The zero-order chi connectivity index (χ0) is 16.0. The molecule has 0 aliphatic heterocycles. The van der Waals surface area contributed by atoms with Crippen LogP contribution in [0.3, 0.4) is 0 Å². The molecular weight excluding hydrogens is 304 g/mol. The minimum atomic E-state index is -2.52. The fourth-order valence-corrected chi connectivity index (χ4v) is 2.14. The first-order valence-electron chi connectivity index (χ1n) is 6.29. The Balaban J connectivity index is 2.76. The van der Waals surface area contributed by atoms with E-state index in [9.17, 15) is 18.4 Å². The first-order chi connectivity index (χ1) is 9.79. The van der Waals surface area contributed by atoms with Crippen LogP contribution in [0.2, 0.25) is 0 Å². The van der Waals surface area contributed by atoms with Crippen molar-refractivity contribution in [3.05, 3.63) is 23.7 Å². The Labute approximate surface area is 125 Å². The summed E-state index contributed by atoms with van der Waals surface area (Å²) >= 11 is 0.393. The molecule has 0 saturated heterocycles. The van der Waals surface area contributed by atoms with Crippen molar-refractivity contribution in [3.8, 4) is 0 Å². The van der Waals surface area contributed by atoms with Crippen molar-refractivity contribution in [3.63, 3.8) is 0 Å². The van der Waals surface area contributed by atoms with Gasteiger partial charge in [0.05, 0.1) is 5.75 Å². The molecule has 21 heavy (non-hydrogen) atoms. The standard InChI is InChI=1S/C13H17F2NO4S/c1-8(2)5-16(6-11(17)18)12(19)10-4-3-9(20-10)7-21-13(14)15/h3-4,8,13H,5-7H2,1-2H3,(H,17,18). The number of carbonyl (C=O) groups excluding carboxylic acids is 1. The molecule has 0 saturated carbocycles. The fourth-order valence-electron chi connectivity index (χ4n) is 1.69. The maximum absolute atomic E-state index is 12.2. The number of halogens is 2. The summed E-state index contributed by atoms with van der Waals surface area (Å²) in [7, 11) is 0. The second-order valence-electron chi connectivity index (χ2n) is 4.81. The van der Waals surface area contributed by atoms with Gasteiger partial charge in [0.2, 0.25) is 0 Å². The van der Waals surface area contributed by atoms with E-state index in [1.807, 2.05) is 13.8 Å². The van der Waals surface area contributed by atoms with E-state index in [1.54, 1.807) is 0 Å². The van der Waals surface area contributed by atoms with Gasteiger partial charge in [-0.3, -0.25) is 9.59 Å². The highest BCUT2D eigenvalue weighted by Crippen LogP contribution is 2.21. The third-order valence-electron chi connectivity index (χ3n) is 2.42. The van der Waals surface area contributed by atoms with Gasteiger partial charge in [0, 0.05) is 6.54 Å². The molecule has 0 spiro atoms. The van der Waals surface area contributed by atoms with Crippen molar-refractivity contribution in [2.75, 3.05) is 13.1 Å². The van der Waals surface area contributed by atoms with E-state index in [0.717, 1.165) is 4.90 Å². The number of aliphatic carboxylic acids is 1. The molecule has 1 aromatic rings. The molecule has 0 fully saturated rings. The summed E-state index contributed by atoms with van der Waals surface area (Å²) in [6.45, 7) is 3.55. The molecule has 0 bridgehead atoms. The lowest BCUT2D eigenvalue weighted by Crippen LogP contribution is -2.38. The SMILES string of the molecule is CC(C)CN(CC(=O)O)C(=O)c1ccc(CSC(F)F)o1. The van der Waals surface area contributed by atoms with Crippen LogP contribution in [0.5, 0.6) is 0 Å². The zero-order valence-electron chi connectivity index (χ0n) is 11.7. The van der Waals surface area contributed by atoms with Gasteiger partial charge in [0.15, 0.2) is 5.76 Å². The molecule has 0 radical (unpaired) electrons. The van der Waals surface area contributed by atoms with E-state index in [0.29, 0.717) is 11.8 Å². The summed E-state index contributed by atoms with van der Waals surface area (Å²) in [5.74, 6) is -3.93. The molecular formula is C13H17F2NO4S. The predicted molar refractivity (Wildman–Crippen MR) is 74.4 cm³/mol. The number of carbonyl (C=O) groups is 2. The number of amides is 1. The van der Waals surface area contributed by atoms with Crippen molar-refractivity contribution >= 4 is 23.6 Å². The van der Waals surface area contributed by atoms with Crippen molar-refractivity contribution in [2.45, 2.75) is 25.4 Å². The second-order valence-corrected chi connectivity index (χ2v) is 5.79. The van der Waals surface area contributed by atoms with Gasteiger partial charge in [-0.25, -0.2) is 0 Å². The Morgan fingerprint density at radius 2 is 2.05 bits per heavy atom. The van der Waals surface area contributed by atoms with Gasteiger partial charge in [-0.15, -0.1) is 0 Å². The Morgan fingerprint density at radius 1 is 1.38 bits per heavy atom. The minimum absolute atomic E-state index is 0.0400. The Kier molecular flexibility index (Phi) is 6.67. The molecule has 1 amide bonds. The van der Waals surface area contributed by atoms with Crippen LogP contribution in [0.4, 0.5) is 8.78 Å². The van der Waals surface area contributed by atoms with Crippen molar-refractivity contribution in [1.29, 1.82) is 0 Å². The van der Waals surface area contributed by atoms with Crippen LogP contribution in [-0.4, -0.2) is 40.7 Å². The number of rotatable bonds is 8. The summed E-state index contributed by atoms with van der Waals surface area (Å²) in [5, 5.41) is 8.83. The molecule has 0 aromatic carbocycles. The zero-order valence-corrected chi connectivity index (χ0v) is 12.5. The second kappa shape index (κ2) is 8.02. The van der Waals surface area contributed by atoms with E-state index in [4.69, 9.17) is 9.52 Å². The number of alkyl halides is 2. The lowest BCUT2D eigenvalue weighted by atomic mass is 10.2. The van der Waals surface area contributed by atoms with E-state index in [2.05, 4.69) is 0 Å². The van der Waals surface area contributed by atoms with Gasteiger partial charge in [0.1, 0.15) is 12.3 Å². The number of hydrogen-bond donors (Lipinski definition) is 1. The number of hydrogen-bond acceptors (Lipinski definition) is 4. The summed E-state index contributed by atoms with van der Waals surface area (Å²) in [4.78, 5) is 24.1. The molecule has 118 valence electrons. The van der Waals surface area contributed by atoms with Crippen LogP contribution in [0, 0.1) is 5.92 Å². The van der Waals surface area contributed by atoms with Crippen LogP contribution in [0.15, 0.2) is 16.5 Å². The highest BCUT2D eigenvalue weighted by atomic mass is 32.2. The van der Waals surface area contributed by atoms with E-state index >= 15 is 0 Å².